The third kappa shape index (κ3) is 1.71. The molecule has 0 amide bonds. The number of rotatable bonds is 2. The van der Waals surface area contributed by atoms with Gasteiger partial charge in [-0.1, -0.05) is 32.6 Å². The van der Waals surface area contributed by atoms with Crippen LogP contribution in [0, 0.1) is 17.3 Å². The Bertz CT molecular complexity index is 180. The van der Waals surface area contributed by atoms with Crippen LogP contribution in [0.25, 0.3) is 0 Å². The van der Waals surface area contributed by atoms with E-state index in [1.54, 1.807) is 0 Å². The maximum absolute atomic E-state index is 9.24. The Kier molecular flexibility index (Phi) is 3.16. The molecule has 0 spiro atoms. The molecule has 82 valence electrons. The average Bonchev–Trinajstić information content (AvgIpc) is 2.18. The molecule has 0 aromatic heterocycles. The van der Waals surface area contributed by atoms with E-state index < -0.39 is 0 Å². The summed E-state index contributed by atoms with van der Waals surface area (Å²) in [6, 6.07) is 0. The molecule has 0 saturated heterocycles. The molecule has 0 bridgehead atoms. The van der Waals surface area contributed by atoms with Gasteiger partial charge in [-0.3, -0.25) is 0 Å². The Balaban J connectivity index is 2.13. The standard InChI is InChI=1S/C13H24O/c1-11-5-4-8-13(9-10-14)7-3-2-6-12(11)13/h11-12,14H,2-10H2,1H3. The first-order chi connectivity index (χ1) is 6.78. The zero-order valence-electron chi connectivity index (χ0n) is 9.47. The van der Waals surface area contributed by atoms with Crippen molar-refractivity contribution < 1.29 is 5.11 Å². The summed E-state index contributed by atoms with van der Waals surface area (Å²) in [5.74, 6) is 1.84. The van der Waals surface area contributed by atoms with Crippen molar-refractivity contribution in [3.8, 4) is 0 Å². The monoisotopic (exact) mass is 196 g/mol. The first-order valence-corrected chi connectivity index (χ1v) is 6.39. The second-order valence-corrected chi connectivity index (χ2v) is 5.56. The van der Waals surface area contributed by atoms with Crippen LogP contribution in [0.5, 0.6) is 0 Å². The lowest BCUT2D eigenvalue weighted by Gasteiger charge is -2.50. The molecule has 2 saturated carbocycles. The van der Waals surface area contributed by atoms with Gasteiger partial charge in [0.2, 0.25) is 0 Å². The second kappa shape index (κ2) is 4.22. The average molecular weight is 196 g/mol. The Morgan fingerprint density at radius 1 is 1.14 bits per heavy atom. The van der Waals surface area contributed by atoms with Gasteiger partial charge in [0, 0.05) is 6.61 Å². The SMILES string of the molecule is CC1CCCC2(CCO)CCCCC12. The highest BCUT2D eigenvalue weighted by Gasteiger charge is 2.44. The molecule has 3 atom stereocenters. The minimum absolute atomic E-state index is 0.406. The molecule has 2 aliphatic carbocycles. The summed E-state index contributed by atoms with van der Waals surface area (Å²) in [6.07, 6.45) is 11.0. The van der Waals surface area contributed by atoms with Gasteiger partial charge in [-0.25, -0.2) is 0 Å². The van der Waals surface area contributed by atoms with Gasteiger partial charge in [0.25, 0.3) is 0 Å². The summed E-state index contributed by atoms with van der Waals surface area (Å²) in [5, 5.41) is 9.24. The molecular weight excluding hydrogens is 172 g/mol. The topological polar surface area (TPSA) is 20.2 Å². The lowest BCUT2D eigenvalue weighted by molar-refractivity contribution is -0.0124. The molecule has 2 rings (SSSR count). The minimum Gasteiger partial charge on any atom is -0.396 e. The van der Waals surface area contributed by atoms with Gasteiger partial charge in [-0.2, -0.15) is 0 Å². The summed E-state index contributed by atoms with van der Waals surface area (Å²) in [7, 11) is 0. The lowest BCUT2D eigenvalue weighted by atomic mass is 9.55. The van der Waals surface area contributed by atoms with Crippen molar-refractivity contribution in [1.82, 2.24) is 0 Å². The van der Waals surface area contributed by atoms with Crippen molar-refractivity contribution in [3.63, 3.8) is 0 Å². The number of hydrogen-bond donors (Lipinski definition) is 1. The zero-order valence-corrected chi connectivity index (χ0v) is 9.47. The van der Waals surface area contributed by atoms with Crippen molar-refractivity contribution in [2.45, 2.75) is 58.3 Å². The van der Waals surface area contributed by atoms with Crippen molar-refractivity contribution in [3.05, 3.63) is 0 Å². The first-order valence-electron chi connectivity index (χ1n) is 6.39. The van der Waals surface area contributed by atoms with Crippen LogP contribution in [-0.4, -0.2) is 11.7 Å². The van der Waals surface area contributed by atoms with Gasteiger partial charge in [-0.15, -0.1) is 0 Å². The van der Waals surface area contributed by atoms with Crippen LogP contribution in [0.4, 0.5) is 0 Å². The van der Waals surface area contributed by atoms with Crippen LogP contribution in [0.3, 0.4) is 0 Å². The number of aliphatic hydroxyl groups is 1. The van der Waals surface area contributed by atoms with Gasteiger partial charge in [0.05, 0.1) is 0 Å². The highest BCUT2D eigenvalue weighted by Crippen LogP contribution is 2.54. The van der Waals surface area contributed by atoms with Gasteiger partial charge in [0.1, 0.15) is 0 Å². The largest absolute Gasteiger partial charge is 0.396 e. The molecule has 2 fully saturated rings. The smallest absolute Gasteiger partial charge is 0.0436 e. The van der Waals surface area contributed by atoms with Gasteiger partial charge in [-0.05, 0) is 42.9 Å². The van der Waals surface area contributed by atoms with E-state index in [9.17, 15) is 5.11 Å². The summed E-state index contributed by atoms with van der Waals surface area (Å²) >= 11 is 0. The molecule has 0 aliphatic heterocycles. The van der Waals surface area contributed by atoms with Gasteiger partial charge < -0.3 is 5.11 Å². The summed E-state index contributed by atoms with van der Waals surface area (Å²) < 4.78 is 0. The summed E-state index contributed by atoms with van der Waals surface area (Å²) in [5.41, 5.74) is 0.546. The van der Waals surface area contributed by atoms with E-state index in [-0.39, 0.29) is 0 Å². The van der Waals surface area contributed by atoms with Crippen LogP contribution in [0.2, 0.25) is 0 Å². The number of hydrogen-bond acceptors (Lipinski definition) is 1. The lowest BCUT2D eigenvalue weighted by Crippen LogP contribution is -2.41. The van der Waals surface area contributed by atoms with E-state index in [1.165, 1.54) is 44.9 Å². The number of fused-ring (bicyclic) bond motifs is 1. The molecule has 14 heavy (non-hydrogen) atoms. The Labute approximate surface area is 87.9 Å². The van der Waals surface area contributed by atoms with E-state index in [0.29, 0.717) is 12.0 Å². The highest BCUT2D eigenvalue weighted by atomic mass is 16.3. The summed E-state index contributed by atoms with van der Waals surface area (Å²) in [4.78, 5) is 0. The third-order valence-corrected chi connectivity index (χ3v) is 4.86. The van der Waals surface area contributed by atoms with E-state index in [2.05, 4.69) is 6.92 Å². The quantitative estimate of drug-likeness (QED) is 0.718. The molecule has 1 N–H and O–H groups in total. The molecular formula is C13H24O. The molecule has 2 aliphatic rings. The van der Waals surface area contributed by atoms with E-state index >= 15 is 0 Å². The van der Waals surface area contributed by atoms with E-state index in [1.807, 2.05) is 0 Å². The molecule has 1 heteroatoms. The van der Waals surface area contributed by atoms with Crippen LogP contribution in [0.1, 0.15) is 58.3 Å². The fourth-order valence-corrected chi connectivity index (χ4v) is 4.17. The maximum Gasteiger partial charge on any atom is 0.0436 e. The van der Waals surface area contributed by atoms with Crippen molar-refractivity contribution >= 4 is 0 Å². The van der Waals surface area contributed by atoms with Gasteiger partial charge >= 0.3 is 0 Å². The molecule has 0 aromatic carbocycles. The van der Waals surface area contributed by atoms with E-state index in [4.69, 9.17) is 0 Å². The Morgan fingerprint density at radius 3 is 2.71 bits per heavy atom. The molecule has 0 aromatic rings. The third-order valence-electron chi connectivity index (χ3n) is 4.86. The first kappa shape index (κ1) is 10.5. The van der Waals surface area contributed by atoms with E-state index in [0.717, 1.165) is 18.3 Å². The molecule has 3 unspecified atom stereocenters. The molecule has 0 radical (unpaired) electrons. The van der Waals surface area contributed by atoms with Crippen LogP contribution in [-0.2, 0) is 0 Å². The van der Waals surface area contributed by atoms with Crippen LogP contribution >= 0.6 is 0 Å². The minimum atomic E-state index is 0.406. The Morgan fingerprint density at radius 2 is 1.93 bits per heavy atom. The number of aliphatic hydroxyl groups excluding tert-OH is 1. The Hall–Kier alpha value is -0.0400. The second-order valence-electron chi connectivity index (χ2n) is 5.56. The summed E-state index contributed by atoms with van der Waals surface area (Å²) in [6.45, 7) is 2.84. The normalized spacial score (nSPS) is 43.3. The predicted molar refractivity (Wildman–Crippen MR) is 59.1 cm³/mol. The fourth-order valence-electron chi connectivity index (χ4n) is 4.17. The molecule has 1 nitrogen and oxygen atoms in total. The highest BCUT2D eigenvalue weighted by molar-refractivity contribution is 4.94. The zero-order chi connectivity index (χ0) is 10.0. The molecule has 0 heterocycles. The van der Waals surface area contributed by atoms with Crippen molar-refractivity contribution in [2.24, 2.45) is 17.3 Å². The maximum atomic E-state index is 9.24. The predicted octanol–water partition coefficient (Wildman–Crippen LogP) is 3.37. The van der Waals surface area contributed by atoms with Crippen molar-refractivity contribution in [1.29, 1.82) is 0 Å². The van der Waals surface area contributed by atoms with Gasteiger partial charge in [0.15, 0.2) is 0 Å². The van der Waals surface area contributed by atoms with Crippen LogP contribution in [0.15, 0.2) is 0 Å². The van der Waals surface area contributed by atoms with Crippen molar-refractivity contribution in [2.75, 3.05) is 6.61 Å². The fraction of sp³-hybridized carbons (Fsp3) is 1.00. The van der Waals surface area contributed by atoms with Crippen LogP contribution < -0.4 is 0 Å².